The zero-order valence-electron chi connectivity index (χ0n) is 12.5. The molecule has 0 saturated heterocycles. The van der Waals surface area contributed by atoms with Gasteiger partial charge in [0.05, 0.1) is 11.7 Å². The predicted molar refractivity (Wildman–Crippen MR) is 87.8 cm³/mol. The number of carboxylic acids is 1. The molecule has 1 unspecified atom stereocenters. The largest absolute Gasteiger partial charge is 0.477 e. The molecular formula is C15H19ClN2O2S. The number of rotatable bonds is 4. The van der Waals surface area contributed by atoms with Crippen molar-refractivity contribution in [1.82, 2.24) is 9.88 Å². The van der Waals surface area contributed by atoms with Crippen molar-refractivity contribution in [2.75, 3.05) is 14.1 Å². The fraction of sp³-hybridized carbons (Fsp3) is 0.333. The van der Waals surface area contributed by atoms with Gasteiger partial charge in [0.1, 0.15) is 9.88 Å². The number of hydrogen-bond acceptors (Lipinski definition) is 4. The molecule has 0 saturated carbocycles. The van der Waals surface area contributed by atoms with Crippen LogP contribution in [0.1, 0.15) is 37.5 Å². The van der Waals surface area contributed by atoms with Gasteiger partial charge in [-0.2, -0.15) is 0 Å². The van der Waals surface area contributed by atoms with Crippen molar-refractivity contribution in [2.24, 2.45) is 0 Å². The molecule has 6 heteroatoms. The van der Waals surface area contributed by atoms with E-state index in [-0.39, 0.29) is 18.4 Å². The number of aryl methyl sites for hydroxylation is 2. The van der Waals surface area contributed by atoms with Crippen LogP contribution in [0.25, 0.3) is 0 Å². The second kappa shape index (κ2) is 7.02. The highest BCUT2D eigenvalue weighted by Gasteiger charge is 2.24. The summed E-state index contributed by atoms with van der Waals surface area (Å²) in [4.78, 5) is 18.0. The molecule has 0 aliphatic rings. The average molecular weight is 327 g/mol. The topological polar surface area (TPSA) is 53.4 Å². The van der Waals surface area contributed by atoms with Crippen LogP contribution in [0, 0.1) is 13.8 Å². The van der Waals surface area contributed by atoms with Crippen LogP contribution in [-0.2, 0) is 0 Å². The molecule has 0 bridgehead atoms. The van der Waals surface area contributed by atoms with E-state index in [2.05, 4.69) is 28.9 Å². The predicted octanol–water partition coefficient (Wildman–Crippen LogP) is 3.53. The smallest absolute Gasteiger partial charge is 0.347 e. The summed E-state index contributed by atoms with van der Waals surface area (Å²) in [5, 5.41) is 10.0. The zero-order valence-corrected chi connectivity index (χ0v) is 14.1. The van der Waals surface area contributed by atoms with Crippen LogP contribution >= 0.6 is 23.7 Å². The van der Waals surface area contributed by atoms with Gasteiger partial charge in [-0.1, -0.05) is 24.3 Å². The Bertz CT molecular complexity index is 640. The number of hydrogen-bond donors (Lipinski definition) is 1. The van der Waals surface area contributed by atoms with Crippen LogP contribution < -0.4 is 0 Å². The van der Waals surface area contributed by atoms with Gasteiger partial charge in [0.25, 0.3) is 0 Å². The second-order valence-corrected chi connectivity index (χ2v) is 6.03. The SMILES string of the molecule is Cc1ccccc1C(c1nc(C)c(C(=O)O)s1)N(C)C.Cl. The van der Waals surface area contributed by atoms with Crippen LogP contribution in [0.15, 0.2) is 24.3 Å². The molecule has 0 fully saturated rings. The van der Waals surface area contributed by atoms with Gasteiger partial charge in [0.15, 0.2) is 0 Å². The number of halogens is 1. The highest BCUT2D eigenvalue weighted by molar-refractivity contribution is 7.13. The highest BCUT2D eigenvalue weighted by atomic mass is 35.5. The second-order valence-electron chi connectivity index (χ2n) is 4.99. The van der Waals surface area contributed by atoms with Gasteiger partial charge < -0.3 is 5.11 Å². The lowest BCUT2D eigenvalue weighted by Gasteiger charge is -2.24. The lowest BCUT2D eigenvalue weighted by Crippen LogP contribution is -2.21. The number of nitrogens with zero attached hydrogens (tertiary/aromatic N) is 2. The molecule has 21 heavy (non-hydrogen) atoms. The first-order chi connectivity index (χ1) is 9.41. The van der Waals surface area contributed by atoms with Crippen LogP contribution in [-0.4, -0.2) is 35.1 Å². The Kier molecular flexibility index (Phi) is 5.89. The molecule has 4 nitrogen and oxygen atoms in total. The fourth-order valence-corrected chi connectivity index (χ4v) is 3.38. The van der Waals surface area contributed by atoms with Crippen molar-refractivity contribution >= 4 is 29.7 Å². The summed E-state index contributed by atoms with van der Waals surface area (Å²) >= 11 is 1.26. The molecular weight excluding hydrogens is 308 g/mol. The summed E-state index contributed by atoms with van der Waals surface area (Å²) in [5.41, 5.74) is 2.91. The molecule has 2 rings (SSSR count). The van der Waals surface area contributed by atoms with E-state index in [1.807, 2.05) is 26.2 Å². The number of thiazole rings is 1. The van der Waals surface area contributed by atoms with E-state index in [0.29, 0.717) is 10.6 Å². The zero-order chi connectivity index (χ0) is 14.9. The average Bonchev–Trinajstić information content (AvgIpc) is 2.73. The molecule has 1 atom stereocenters. The van der Waals surface area contributed by atoms with Crippen molar-refractivity contribution < 1.29 is 9.90 Å². The Morgan fingerprint density at radius 3 is 2.38 bits per heavy atom. The summed E-state index contributed by atoms with van der Waals surface area (Å²) in [6.45, 7) is 3.80. The van der Waals surface area contributed by atoms with E-state index in [1.165, 1.54) is 16.9 Å². The van der Waals surface area contributed by atoms with Crippen molar-refractivity contribution in [3.05, 3.63) is 51.0 Å². The maximum absolute atomic E-state index is 11.2. The molecule has 0 spiro atoms. The Hall–Kier alpha value is -1.43. The number of carboxylic acid groups (broad SMARTS) is 1. The van der Waals surface area contributed by atoms with Gasteiger partial charge in [-0.25, -0.2) is 9.78 Å². The highest BCUT2D eigenvalue weighted by Crippen LogP contribution is 2.33. The van der Waals surface area contributed by atoms with E-state index in [1.54, 1.807) is 6.92 Å². The summed E-state index contributed by atoms with van der Waals surface area (Å²) in [7, 11) is 3.96. The number of aromatic nitrogens is 1. The number of aromatic carboxylic acids is 1. The molecule has 114 valence electrons. The molecule has 0 radical (unpaired) electrons. The Labute approximate surface area is 134 Å². The first-order valence-electron chi connectivity index (χ1n) is 6.34. The monoisotopic (exact) mass is 326 g/mol. The van der Waals surface area contributed by atoms with Gasteiger partial charge in [0, 0.05) is 0 Å². The molecule has 1 heterocycles. The normalized spacial score (nSPS) is 12.0. The van der Waals surface area contributed by atoms with E-state index < -0.39 is 5.97 Å². The van der Waals surface area contributed by atoms with Crippen LogP contribution in [0.3, 0.4) is 0 Å². The maximum atomic E-state index is 11.2. The minimum atomic E-state index is -0.909. The van der Waals surface area contributed by atoms with Gasteiger partial charge in [-0.05, 0) is 39.1 Å². The summed E-state index contributed by atoms with van der Waals surface area (Å²) in [5.74, 6) is -0.909. The third-order valence-corrected chi connectivity index (χ3v) is 4.44. The minimum absolute atomic E-state index is 0. The van der Waals surface area contributed by atoms with Crippen LogP contribution in [0.4, 0.5) is 0 Å². The van der Waals surface area contributed by atoms with Crippen molar-refractivity contribution in [3.8, 4) is 0 Å². The number of carbonyl (C=O) groups is 1. The van der Waals surface area contributed by atoms with Crippen molar-refractivity contribution in [1.29, 1.82) is 0 Å². The maximum Gasteiger partial charge on any atom is 0.347 e. The van der Waals surface area contributed by atoms with Crippen LogP contribution in [0.5, 0.6) is 0 Å². The minimum Gasteiger partial charge on any atom is -0.477 e. The van der Waals surface area contributed by atoms with Gasteiger partial charge in [-0.3, -0.25) is 4.90 Å². The van der Waals surface area contributed by atoms with E-state index in [0.717, 1.165) is 10.6 Å². The Balaban J connectivity index is 0.00000220. The lowest BCUT2D eigenvalue weighted by molar-refractivity contribution is 0.0701. The van der Waals surface area contributed by atoms with E-state index in [9.17, 15) is 9.90 Å². The summed E-state index contributed by atoms with van der Waals surface area (Å²) < 4.78 is 0. The molecule has 1 aromatic heterocycles. The molecule has 0 aliphatic heterocycles. The first-order valence-corrected chi connectivity index (χ1v) is 7.16. The fourth-order valence-electron chi connectivity index (χ4n) is 2.26. The van der Waals surface area contributed by atoms with Gasteiger partial charge in [-0.15, -0.1) is 23.7 Å². The van der Waals surface area contributed by atoms with Crippen molar-refractivity contribution in [2.45, 2.75) is 19.9 Å². The summed E-state index contributed by atoms with van der Waals surface area (Å²) in [6, 6.07) is 8.10. The molecule has 1 N–H and O–H groups in total. The quantitative estimate of drug-likeness (QED) is 0.933. The lowest BCUT2D eigenvalue weighted by atomic mass is 10.0. The van der Waals surface area contributed by atoms with Gasteiger partial charge >= 0.3 is 5.97 Å². The van der Waals surface area contributed by atoms with E-state index in [4.69, 9.17) is 0 Å². The summed E-state index contributed by atoms with van der Waals surface area (Å²) in [6.07, 6.45) is 0. The standard InChI is InChI=1S/C15H18N2O2S.ClH/c1-9-7-5-6-8-11(9)12(17(3)4)14-16-10(2)13(20-14)15(18)19;/h5-8,12H,1-4H3,(H,18,19);1H. The first kappa shape index (κ1) is 17.6. The number of benzene rings is 1. The molecule has 0 amide bonds. The van der Waals surface area contributed by atoms with Crippen LogP contribution in [0.2, 0.25) is 0 Å². The molecule has 1 aromatic carbocycles. The third kappa shape index (κ3) is 3.61. The third-order valence-electron chi connectivity index (χ3n) is 3.24. The van der Waals surface area contributed by atoms with Crippen molar-refractivity contribution in [3.63, 3.8) is 0 Å². The van der Waals surface area contributed by atoms with Gasteiger partial charge in [0.2, 0.25) is 0 Å². The molecule has 0 aliphatic carbocycles. The Morgan fingerprint density at radius 1 is 1.29 bits per heavy atom. The Morgan fingerprint density at radius 2 is 1.90 bits per heavy atom. The van der Waals surface area contributed by atoms with E-state index >= 15 is 0 Å². The molecule has 2 aromatic rings.